The lowest BCUT2D eigenvalue weighted by molar-refractivity contribution is -0.301. The maximum atomic E-state index is 13.2. The summed E-state index contributed by atoms with van der Waals surface area (Å²) >= 11 is 0. The first-order valence-corrected chi connectivity index (χ1v) is 31.9. The third kappa shape index (κ3) is 44.5. The maximum Gasteiger partial charge on any atom is 0.335 e. The van der Waals surface area contributed by atoms with Crippen molar-refractivity contribution >= 4 is 23.9 Å². The van der Waals surface area contributed by atoms with Gasteiger partial charge in [-0.2, -0.15) is 0 Å². The van der Waals surface area contributed by atoms with Crippen LogP contribution < -0.4 is 0 Å². The van der Waals surface area contributed by atoms with Crippen LogP contribution in [0.15, 0.2) is 72.9 Å². The van der Waals surface area contributed by atoms with E-state index in [-0.39, 0.29) is 25.9 Å². The number of aliphatic hydroxyl groups excluding tert-OH is 2. The van der Waals surface area contributed by atoms with Crippen LogP contribution in [0.3, 0.4) is 0 Å². The molecule has 1 fully saturated rings. The van der Waals surface area contributed by atoms with Gasteiger partial charge >= 0.3 is 23.9 Å². The van der Waals surface area contributed by atoms with E-state index in [9.17, 15) is 34.5 Å². The van der Waals surface area contributed by atoms with Gasteiger partial charge in [0.05, 0.1) is 6.61 Å². The van der Waals surface area contributed by atoms with Crippen LogP contribution in [0.4, 0.5) is 0 Å². The molecule has 12 nitrogen and oxygen atoms in total. The normalized spacial score (nSPS) is 18.3. The van der Waals surface area contributed by atoms with E-state index in [1.54, 1.807) is 0 Å². The Hall–Kier alpha value is -3.84. The minimum atomic E-state index is -1.91. The Morgan fingerprint density at radius 3 is 1.24 bits per heavy atom. The summed E-state index contributed by atoms with van der Waals surface area (Å²) in [6.45, 7) is 5.85. The molecule has 1 aliphatic heterocycles. The van der Waals surface area contributed by atoms with Crippen molar-refractivity contribution in [2.75, 3.05) is 13.2 Å². The molecule has 1 heterocycles. The molecular weight excluding hydrogens is 997 g/mol. The molecule has 0 spiro atoms. The summed E-state index contributed by atoms with van der Waals surface area (Å²) in [4.78, 5) is 51.3. The molecule has 1 saturated heterocycles. The zero-order valence-corrected chi connectivity index (χ0v) is 50.1. The Bertz CT molecular complexity index is 1650. The van der Waals surface area contributed by atoms with Crippen LogP contribution in [0.1, 0.15) is 278 Å². The van der Waals surface area contributed by atoms with Crippen LogP contribution in [0.25, 0.3) is 0 Å². The first-order valence-electron chi connectivity index (χ1n) is 31.9. The molecule has 3 N–H and O–H groups in total. The van der Waals surface area contributed by atoms with Gasteiger partial charge in [0, 0.05) is 19.3 Å². The Morgan fingerprint density at radius 2 is 0.797 bits per heavy atom. The molecule has 0 aromatic heterocycles. The molecule has 0 aromatic rings. The minimum Gasteiger partial charge on any atom is -0.479 e. The zero-order valence-electron chi connectivity index (χ0n) is 50.1. The Labute approximate surface area is 480 Å². The van der Waals surface area contributed by atoms with Crippen molar-refractivity contribution in [2.45, 2.75) is 314 Å². The summed E-state index contributed by atoms with van der Waals surface area (Å²) in [5.41, 5.74) is 0. The monoisotopic (exact) mass is 1110 g/mol. The average Bonchev–Trinajstić information content (AvgIpc) is 3.46. The molecule has 0 amide bonds. The van der Waals surface area contributed by atoms with Crippen molar-refractivity contribution in [1.82, 2.24) is 0 Å². The van der Waals surface area contributed by atoms with Gasteiger partial charge in [-0.05, 0) is 89.9 Å². The smallest absolute Gasteiger partial charge is 0.335 e. The number of esters is 3. The number of ether oxygens (including phenoxy) is 5. The Kier molecular flexibility index (Phi) is 50.7. The maximum absolute atomic E-state index is 13.2. The predicted octanol–water partition coefficient (Wildman–Crippen LogP) is 16.9. The number of rotatable bonds is 54. The van der Waals surface area contributed by atoms with Crippen molar-refractivity contribution in [3.8, 4) is 0 Å². The molecule has 6 atom stereocenters. The van der Waals surface area contributed by atoms with E-state index in [0.717, 1.165) is 109 Å². The molecule has 12 heteroatoms. The molecule has 454 valence electrons. The summed E-state index contributed by atoms with van der Waals surface area (Å²) in [7, 11) is 0. The van der Waals surface area contributed by atoms with Crippen molar-refractivity contribution in [2.24, 2.45) is 0 Å². The van der Waals surface area contributed by atoms with Crippen LogP contribution >= 0.6 is 0 Å². The second-order valence-corrected chi connectivity index (χ2v) is 21.7. The number of carbonyl (C=O) groups is 4. The second kappa shape index (κ2) is 54.7. The van der Waals surface area contributed by atoms with Gasteiger partial charge in [0.25, 0.3) is 0 Å². The van der Waals surface area contributed by atoms with Crippen LogP contribution in [0, 0.1) is 0 Å². The number of unbranched alkanes of at least 4 members (excludes halogenated alkanes) is 28. The highest BCUT2D eigenvalue weighted by molar-refractivity contribution is 5.74. The quantitative estimate of drug-likeness (QED) is 0.0228. The highest BCUT2D eigenvalue weighted by Gasteiger charge is 2.50. The molecule has 6 unspecified atom stereocenters. The number of carbonyl (C=O) groups excluding carboxylic acids is 3. The van der Waals surface area contributed by atoms with E-state index in [4.69, 9.17) is 23.7 Å². The van der Waals surface area contributed by atoms with Gasteiger partial charge in [0.2, 0.25) is 0 Å². The number of hydrogen-bond acceptors (Lipinski definition) is 11. The van der Waals surface area contributed by atoms with Crippen molar-refractivity contribution in [3.05, 3.63) is 72.9 Å². The molecular formula is C67H114O12. The van der Waals surface area contributed by atoms with Crippen molar-refractivity contribution in [1.29, 1.82) is 0 Å². The summed E-state index contributed by atoms with van der Waals surface area (Å²) in [5.74, 6) is -3.14. The molecule has 0 saturated carbocycles. The molecule has 79 heavy (non-hydrogen) atoms. The van der Waals surface area contributed by atoms with Crippen LogP contribution in [0.2, 0.25) is 0 Å². The predicted molar refractivity (Wildman–Crippen MR) is 322 cm³/mol. The van der Waals surface area contributed by atoms with Crippen molar-refractivity contribution < 1.29 is 58.2 Å². The summed E-state index contributed by atoms with van der Waals surface area (Å²) in [5, 5.41) is 31.5. The standard InChI is InChI=1S/C67H114O12/c1-4-7-10-13-16-19-22-25-27-29-30-32-33-36-38-41-44-47-50-53-59(68)75-56-58(77-60(69)54-51-48-45-42-40-37-34-31-28-26-23-20-17-14-11-8-5-2)57-76-67-65(63(72)62(71)64(79-67)66(73)74)78-61(70)55-52-49-46-43-39-35-24-21-18-15-12-9-6-3/h8,11,16-17,19-20,25-28,34,37,58,62-65,67,71-72H,4-7,9-10,12-15,18,21-24,29-33,35-36,38-57H2,1-3H3,(H,73,74)/b11-8-,19-16-,20-17-,27-25-,28-26-,37-34-. The number of hydrogen-bond donors (Lipinski definition) is 3. The zero-order chi connectivity index (χ0) is 57.5. The Morgan fingerprint density at radius 1 is 0.430 bits per heavy atom. The molecule has 0 aliphatic carbocycles. The lowest BCUT2D eigenvalue weighted by Crippen LogP contribution is -2.61. The van der Waals surface area contributed by atoms with E-state index in [1.807, 2.05) is 0 Å². The minimum absolute atomic E-state index is 0.0586. The largest absolute Gasteiger partial charge is 0.479 e. The van der Waals surface area contributed by atoms with Gasteiger partial charge in [-0.1, -0.05) is 241 Å². The van der Waals surface area contributed by atoms with Crippen LogP contribution in [-0.4, -0.2) is 89.2 Å². The second-order valence-electron chi connectivity index (χ2n) is 21.7. The number of aliphatic carboxylic acids is 1. The number of carboxylic acids is 1. The highest BCUT2D eigenvalue weighted by atomic mass is 16.7. The molecule has 0 aromatic carbocycles. The van der Waals surface area contributed by atoms with E-state index >= 15 is 0 Å². The highest BCUT2D eigenvalue weighted by Crippen LogP contribution is 2.27. The average molecular weight is 1110 g/mol. The van der Waals surface area contributed by atoms with Gasteiger partial charge in [-0.25, -0.2) is 4.79 Å². The van der Waals surface area contributed by atoms with Crippen LogP contribution in [0.5, 0.6) is 0 Å². The lowest BCUT2D eigenvalue weighted by Gasteiger charge is -2.40. The molecule has 1 aliphatic rings. The number of allylic oxidation sites excluding steroid dienone is 12. The topological polar surface area (TPSA) is 175 Å². The Balaban J connectivity index is 2.68. The fraction of sp³-hybridized carbons (Fsp3) is 0.761. The lowest BCUT2D eigenvalue weighted by atomic mass is 9.98. The van der Waals surface area contributed by atoms with Gasteiger partial charge < -0.3 is 39.0 Å². The summed E-state index contributed by atoms with van der Waals surface area (Å²) < 4.78 is 28.5. The van der Waals surface area contributed by atoms with E-state index < -0.39 is 67.3 Å². The first kappa shape index (κ1) is 73.2. The number of carboxylic acid groups (broad SMARTS) is 1. The fourth-order valence-electron chi connectivity index (χ4n) is 9.39. The SMILES string of the molecule is CC/C=C\C/C=C\C/C=C\C/C=C\CCCCCCC(=O)OC(COC(=O)CCCCCCCCCCC/C=C\C/C=C\CCCCC)COC1OC(C(=O)O)C(O)C(O)C1OC(=O)CCCCCCCCCCCCCCC. The molecule has 1 rings (SSSR count). The third-order valence-electron chi connectivity index (χ3n) is 14.3. The summed E-state index contributed by atoms with van der Waals surface area (Å²) in [6.07, 6.45) is 57.2. The number of aliphatic hydroxyl groups is 2. The van der Waals surface area contributed by atoms with E-state index in [1.165, 1.54) is 109 Å². The van der Waals surface area contributed by atoms with E-state index in [2.05, 4.69) is 93.7 Å². The van der Waals surface area contributed by atoms with Gasteiger partial charge in [-0.3, -0.25) is 14.4 Å². The summed E-state index contributed by atoms with van der Waals surface area (Å²) in [6, 6.07) is 0. The van der Waals surface area contributed by atoms with Gasteiger partial charge in [0.15, 0.2) is 24.6 Å². The van der Waals surface area contributed by atoms with Crippen LogP contribution in [-0.2, 0) is 42.9 Å². The first-order chi connectivity index (χ1) is 38.6. The third-order valence-corrected chi connectivity index (χ3v) is 14.3. The molecule has 0 radical (unpaired) electrons. The molecule has 0 bridgehead atoms. The van der Waals surface area contributed by atoms with Crippen molar-refractivity contribution in [3.63, 3.8) is 0 Å². The van der Waals surface area contributed by atoms with Gasteiger partial charge in [0.1, 0.15) is 18.8 Å². The van der Waals surface area contributed by atoms with Gasteiger partial charge in [-0.15, -0.1) is 0 Å². The van der Waals surface area contributed by atoms with E-state index in [0.29, 0.717) is 19.3 Å². The fourth-order valence-corrected chi connectivity index (χ4v) is 9.39.